The summed E-state index contributed by atoms with van der Waals surface area (Å²) in [4.78, 5) is 12.7. The van der Waals surface area contributed by atoms with E-state index in [0.717, 1.165) is 32.5 Å². The number of ether oxygens (including phenoxy) is 1. The van der Waals surface area contributed by atoms with Crippen LogP contribution < -0.4 is 14.4 Å². The zero-order valence-corrected chi connectivity index (χ0v) is 18.2. The second kappa shape index (κ2) is 7.96. The van der Waals surface area contributed by atoms with Gasteiger partial charge in [0.05, 0.1) is 19.1 Å². The fraction of sp³-hybridized carbons (Fsp3) is 0.174. The van der Waals surface area contributed by atoms with Crippen LogP contribution in [-0.2, 0) is 14.8 Å². The first-order chi connectivity index (χ1) is 14.8. The zero-order valence-electron chi connectivity index (χ0n) is 17.4. The van der Waals surface area contributed by atoms with Crippen molar-refractivity contribution < 1.29 is 22.4 Å². The smallest absolute Gasteiger partial charge is 0.245 e. The van der Waals surface area contributed by atoms with Crippen molar-refractivity contribution in [1.29, 1.82) is 0 Å². The van der Waals surface area contributed by atoms with Gasteiger partial charge < -0.3 is 14.5 Å². The molecule has 0 fully saturated rings. The Morgan fingerprint density at radius 2 is 1.77 bits per heavy atom. The first kappa shape index (κ1) is 20.7. The third kappa shape index (κ3) is 4.20. The minimum atomic E-state index is -3.73. The molecule has 3 aromatic carbocycles. The highest BCUT2D eigenvalue weighted by atomic mass is 32.2. The summed E-state index contributed by atoms with van der Waals surface area (Å²) < 4.78 is 37.1. The van der Waals surface area contributed by atoms with E-state index >= 15 is 0 Å². The number of carbonyl (C=O) groups is 1. The van der Waals surface area contributed by atoms with E-state index in [-0.39, 0.29) is 0 Å². The summed E-state index contributed by atoms with van der Waals surface area (Å²) in [7, 11) is -2.28. The molecule has 1 heterocycles. The zero-order chi connectivity index (χ0) is 22.2. The molecular formula is C23H22N2O5S. The quantitative estimate of drug-likeness (QED) is 0.485. The summed E-state index contributed by atoms with van der Waals surface area (Å²) in [5.41, 5.74) is 3.07. The number of carbonyl (C=O) groups excluding carboxylic acids is 1. The number of nitrogens with zero attached hydrogens (tertiary/aromatic N) is 1. The van der Waals surface area contributed by atoms with Crippen molar-refractivity contribution in [1.82, 2.24) is 0 Å². The third-order valence-corrected chi connectivity index (χ3v) is 6.08. The topological polar surface area (TPSA) is 88.8 Å². The summed E-state index contributed by atoms with van der Waals surface area (Å²) in [6.07, 6.45) is 1.06. The number of methoxy groups -OCH3 is 1. The van der Waals surface area contributed by atoms with Gasteiger partial charge in [0.1, 0.15) is 23.5 Å². The molecule has 7 nitrogen and oxygen atoms in total. The molecule has 0 radical (unpaired) electrons. The van der Waals surface area contributed by atoms with E-state index in [1.54, 1.807) is 24.3 Å². The second-order valence-electron chi connectivity index (χ2n) is 7.30. The molecule has 0 spiro atoms. The molecule has 4 rings (SSSR count). The molecule has 1 N–H and O–H groups in total. The Morgan fingerprint density at radius 1 is 1.03 bits per heavy atom. The number of furan rings is 1. The number of fused-ring (bicyclic) bond motifs is 3. The molecule has 0 atom stereocenters. The number of rotatable bonds is 6. The Bertz CT molecular complexity index is 1390. The number of nitrogens with one attached hydrogen (secondary N) is 1. The van der Waals surface area contributed by atoms with Crippen molar-refractivity contribution in [3.8, 4) is 5.75 Å². The molecule has 0 saturated heterocycles. The van der Waals surface area contributed by atoms with Crippen molar-refractivity contribution in [3.05, 3.63) is 66.2 Å². The van der Waals surface area contributed by atoms with Crippen molar-refractivity contribution in [2.45, 2.75) is 6.92 Å². The Hall–Kier alpha value is -3.52. The maximum absolute atomic E-state index is 12.7. The lowest BCUT2D eigenvalue weighted by molar-refractivity contribution is -0.114. The number of anilines is 2. The van der Waals surface area contributed by atoms with Crippen LogP contribution in [0.1, 0.15) is 5.56 Å². The Labute approximate surface area is 180 Å². The maximum Gasteiger partial charge on any atom is 0.245 e. The fourth-order valence-corrected chi connectivity index (χ4v) is 4.36. The first-order valence-corrected chi connectivity index (χ1v) is 11.4. The van der Waals surface area contributed by atoms with Gasteiger partial charge in [-0.2, -0.15) is 0 Å². The number of hydrogen-bond donors (Lipinski definition) is 1. The summed E-state index contributed by atoms with van der Waals surface area (Å²) >= 11 is 0. The molecule has 0 unspecified atom stereocenters. The summed E-state index contributed by atoms with van der Waals surface area (Å²) in [5.74, 6) is -0.114. The maximum atomic E-state index is 12.7. The molecule has 31 heavy (non-hydrogen) atoms. The minimum Gasteiger partial charge on any atom is -0.495 e. The lowest BCUT2D eigenvalue weighted by Crippen LogP contribution is -2.37. The van der Waals surface area contributed by atoms with Crippen LogP contribution in [0.5, 0.6) is 5.75 Å². The second-order valence-corrected chi connectivity index (χ2v) is 9.21. The van der Waals surface area contributed by atoms with Crippen LogP contribution in [0.4, 0.5) is 11.4 Å². The van der Waals surface area contributed by atoms with E-state index in [0.29, 0.717) is 22.7 Å². The molecule has 160 valence electrons. The molecule has 0 bridgehead atoms. The van der Waals surface area contributed by atoms with Gasteiger partial charge in [0.2, 0.25) is 15.9 Å². The Kier molecular flexibility index (Phi) is 5.32. The molecule has 8 heteroatoms. The number of para-hydroxylation sites is 1. The van der Waals surface area contributed by atoms with Crippen LogP contribution in [0.2, 0.25) is 0 Å². The highest BCUT2D eigenvalue weighted by Crippen LogP contribution is 2.32. The van der Waals surface area contributed by atoms with Crippen molar-refractivity contribution >= 4 is 49.2 Å². The van der Waals surface area contributed by atoms with Gasteiger partial charge in [-0.25, -0.2) is 8.42 Å². The van der Waals surface area contributed by atoms with E-state index in [4.69, 9.17) is 9.15 Å². The normalized spacial score (nSPS) is 11.6. The van der Waals surface area contributed by atoms with Gasteiger partial charge in [0, 0.05) is 22.5 Å². The highest BCUT2D eigenvalue weighted by Gasteiger charge is 2.24. The largest absolute Gasteiger partial charge is 0.495 e. The predicted molar refractivity (Wildman–Crippen MR) is 122 cm³/mol. The highest BCUT2D eigenvalue weighted by molar-refractivity contribution is 7.92. The molecule has 0 aliphatic carbocycles. The van der Waals surface area contributed by atoms with Crippen LogP contribution in [0.15, 0.2) is 65.1 Å². The predicted octanol–water partition coefficient (Wildman–Crippen LogP) is 4.31. The van der Waals surface area contributed by atoms with E-state index in [9.17, 15) is 13.2 Å². The van der Waals surface area contributed by atoms with Gasteiger partial charge in [-0.1, -0.05) is 24.3 Å². The third-order valence-electron chi connectivity index (χ3n) is 4.95. The van der Waals surface area contributed by atoms with Gasteiger partial charge >= 0.3 is 0 Å². The van der Waals surface area contributed by atoms with Crippen LogP contribution in [0.3, 0.4) is 0 Å². The molecular weight excluding hydrogens is 416 g/mol. The number of hydrogen-bond acceptors (Lipinski definition) is 5. The van der Waals surface area contributed by atoms with Crippen molar-refractivity contribution in [2.24, 2.45) is 0 Å². The minimum absolute atomic E-state index is 0.313. The average Bonchev–Trinajstić information content (AvgIpc) is 3.09. The molecule has 0 aliphatic rings. The number of benzene rings is 3. The first-order valence-electron chi connectivity index (χ1n) is 9.60. The fourth-order valence-electron chi connectivity index (χ4n) is 3.51. The van der Waals surface area contributed by atoms with Gasteiger partial charge in [-0.15, -0.1) is 0 Å². The van der Waals surface area contributed by atoms with Crippen LogP contribution >= 0.6 is 0 Å². The standard InChI is InChI=1S/C23H22N2O5S/c1-15-8-11-21(29-2)19(12-15)25(31(3,27)28)14-23(26)24-16-9-10-18-17-6-4-5-7-20(17)30-22(18)13-16/h4-13H,14H2,1-3H3,(H,24,26). The lowest BCUT2D eigenvalue weighted by atomic mass is 10.1. The van der Waals surface area contributed by atoms with Gasteiger partial charge in [0.25, 0.3) is 0 Å². The van der Waals surface area contributed by atoms with E-state index in [1.165, 1.54) is 7.11 Å². The number of aryl methyl sites for hydroxylation is 1. The SMILES string of the molecule is COc1ccc(C)cc1N(CC(=O)Nc1ccc2c(c1)oc1ccccc12)S(C)(=O)=O. The van der Waals surface area contributed by atoms with E-state index in [2.05, 4.69) is 5.32 Å². The molecule has 0 aliphatic heterocycles. The van der Waals surface area contributed by atoms with Gasteiger partial charge in [0.15, 0.2) is 0 Å². The summed E-state index contributed by atoms with van der Waals surface area (Å²) in [6, 6.07) is 18.2. The Morgan fingerprint density at radius 3 is 2.52 bits per heavy atom. The number of amides is 1. The van der Waals surface area contributed by atoms with Crippen LogP contribution in [0.25, 0.3) is 21.9 Å². The van der Waals surface area contributed by atoms with Gasteiger partial charge in [-0.3, -0.25) is 9.10 Å². The number of sulfonamides is 1. The van der Waals surface area contributed by atoms with Crippen molar-refractivity contribution in [3.63, 3.8) is 0 Å². The molecule has 1 aromatic heterocycles. The monoisotopic (exact) mass is 438 g/mol. The summed E-state index contributed by atoms with van der Waals surface area (Å²) in [5, 5.41) is 4.69. The lowest BCUT2D eigenvalue weighted by Gasteiger charge is -2.24. The van der Waals surface area contributed by atoms with Gasteiger partial charge in [-0.05, 0) is 42.8 Å². The van der Waals surface area contributed by atoms with Crippen LogP contribution in [-0.4, -0.2) is 34.2 Å². The molecule has 4 aromatic rings. The van der Waals surface area contributed by atoms with E-state index in [1.807, 2.05) is 43.3 Å². The summed E-state index contributed by atoms with van der Waals surface area (Å²) in [6.45, 7) is 1.45. The van der Waals surface area contributed by atoms with E-state index < -0.39 is 22.5 Å². The molecule has 1 amide bonds. The Balaban J connectivity index is 1.61. The van der Waals surface area contributed by atoms with Crippen LogP contribution in [0, 0.1) is 6.92 Å². The van der Waals surface area contributed by atoms with Crippen molar-refractivity contribution in [2.75, 3.05) is 29.5 Å². The average molecular weight is 439 g/mol. The molecule has 0 saturated carbocycles.